The van der Waals surface area contributed by atoms with Crippen molar-refractivity contribution in [3.63, 3.8) is 0 Å². The Morgan fingerprint density at radius 2 is 2.00 bits per heavy atom. The van der Waals surface area contributed by atoms with Crippen LogP contribution in [0.4, 0.5) is 23.2 Å². The number of halogens is 5. The van der Waals surface area contributed by atoms with Gasteiger partial charge in [0.05, 0.1) is 12.8 Å². The highest BCUT2D eigenvalue weighted by Gasteiger charge is 2.39. The Kier molecular flexibility index (Phi) is 3.97. The largest absolute Gasteiger partial charge is 0.494 e. The molecule has 1 N–H and O–H groups in total. The van der Waals surface area contributed by atoms with Gasteiger partial charge in [-0.1, -0.05) is 0 Å². The number of nitrogens with one attached hydrogen (secondary N) is 1. The zero-order chi connectivity index (χ0) is 13.2. The summed E-state index contributed by atoms with van der Waals surface area (Å²) in [5.41, 5.74) is -0.281. The lowest BCUT2D eigenvalue weighted by Crippen LogP contribution is -2.30. The van der Waals surface area contributed by atoms with Crippen LogP contribution in [0.2, 0.25) is 0 Å². The molecule has 0 radical (unpaired) electrons. The average molecular weight is 316 g/mol. The molecule has 1 aromatic carbocycles. The molecule has 0 aliphatic heterocycles. The molecule has 0 spiro atoms. The Labute approximate surface area is 102 Å². The number of anilines is 1. The second-order valence-corrected chi connectivity index (χ2v) is 3.77. The number of alkyl halides is 3. The van der Waals surface area contributed by atoms with Crippen LogP contribution in [0.25, 0.3) is 0 Å². The minimum atomic E-state index is -5.03. The predicted octanol–water partition coefficient (Wildman–Crippen LogP) is 3.10. The number of amides is 1. The van der Waals surface area contributed by atoms with Crippen LogP contribution in [-0.4, -0.2) is 19.2 Å². The molecule has 8 heteroatoms. The van der Waals surface area contributed by atoms with Gasteiger partial charge in [0.1, 0.15) is 11.6 Å². The van der Waals surface area contributed by atoms with Crippen LogP contribution in [-0.2, 0) is 4.79 Å². The Bertz CT molecular complexity index is 447. The fraction of sp³-hybridized carbons (Fsp3) is 0.222. The summed E-state index contributed by atoms with van der Waals surface area (Å²) in [6, 6.07) is 1.77. The molecular weight excluding hydrogens is 310 g/mol. The van der Waals surface area contributed by atoms with Crippen LogP contribution < -0.4 is 10.1 Å². The molecule has 0 unspecified atom stereocenters. The van der Waals surface area contributed by atoms with Gasteiger partial charge in [0, 0.05) is 10.5 Å². The third kappa shape index (κ3) is 3.32. The minimum absolute atomic E-state index is 0.0491. The number of rotatable bonds is 2. The van der Waals surface area contributed by atoms with Crippen molar-refractivity contribution in [3.05, 3.63) is 22.4 Å². The minimum Gasteiger partial charge on any atom is -0.494 e. The first-order valence-corrected chi connectivity index (χ1v) is 4.96. The number of carbonyl (C=O) groups is 1. The van der Waals surface area contributed by atoms with E-state index in [1.165, 1.54) is 0 Å². The Balaban J connectivity index is 3.10. The summed E-state index contributed by atoms with van der Waals surface area (Å²) < 4.78 is 53.7. The first-order valence-electron chi connectivity index (χ1n) is 4.17. The van der Waals surface area contributed by atoms with Crippen molar-refractivity contribution in [2.75, 3.05) is 12.4 Å². The molecule has 1 aromatic rings. The van der Waals surface area contributed by atoms with E-state index >= 15 is 0 Å². The quantitative estimate of drug-likeness (QED) is 0.852. The number of carbonyl (C=O) groups excluding carboxylic acids is 1. The third-order valence-electron chi connectivity index (χ3n) is 1.73. The number of hydrogen-bond donors (Lipinski definition) is 1. The van der Waals surface area contributed by atoms with Crippen LogP contribution in [0.1, 0.15) is 0 Å². The third-order valence-corrected chi connectivity index (χ3v) is 2.36. The van der Waals surface area contributed by atoms with Crippen molar-refractivity contribution in [3.8, 4) is 5.75 Å². The summed E-state index contributed by atoms with van der Waals surface area (Å²) in [5, 5.41) is 1.59. The van der Waals surface area contributed by atoms with Gasteiger partial charge in [-0.25, -0.2) is 4.39 Å². The highest BCUT2D eigenvalue weighted by atomic mass is 79.9. The van der Waals surface area contributed by atoms with Gasteiger partial charge in [-0.3, -0.25) is 4.79 Å². The summed E-state index contributed by atoms with van der Waals surface area (Å²) in [5.74, 6) is -3.09. The molecule has 0 saturated heterocycles. The molecule has 1 rings (SSSR count). The predicted molar refractivity (Wildman–Crippen MR) is 55.3 cm³/mol. The maximum atomic E-state index is 12.9. The van der Waals surface area contributed by atoms with Gasteiger partial charge < -0.3 is 10.1 Å². The summed E-state index contributed by atoms with van der Waals surface area (Å²) in [7, 11) is 1.14. The number of ether oxygens (including phenoxy) is 1. The summed E-state index contributed by atoms with van der Waals surface area (Å²) in [6.07, 6.45) is -5.03. The number of methoxy groups -OCH3 is 1. The lowest BCUT2D eigenvalue weighted by atomic mass is 10.2. The topological polar surface area (TPSA) is 38.3 Å². The Morgan fingerprint density at radius 3 is 2.47 bits per heavy atom. The zero-order valence-corrected chi connectivity index (χ0v) is 9.95. The molecule has 17 heavy (non-hydrogen) atoms. The first-order chi connectivity index (χ1) is 7.75. The Morgan fingerprint density at radius 1 is 1.41 bits per heavy atom. The van der Waals surface area contributed by atoms with Crippen molar-refractivity contribution in [2.24, 2.45) is 0 Å². The molecule has 0 atom stereocenters. The molecule has 0 heterocycles. The standard InChI is InChI=1S/C9H6BrF4NO2/c1-17-6-3-4(11)2-5(10)7(6)15-8(16)9(12,13)14/h2-3H,1H3,(H,15,16). The van der Waals surface area contributed by atoms with E-state index in [9.17, 15) is 22.4 Å². The average Bonchev–Trinajstić information content (AvgIpc) is 2.19. The van der Waals surface area contributed by atoms with Gasteiger partial charge in [0.25, 0.3) is 0 Å². The molecule has 0 fully saturated rings. The molecule has 0 aliphatic rings. The maximum Gasteiger partial charge on any atom is 0.471 e. The second kappa shape index (κ2) is 4.91. The molecular formula is C9H6BrF4NO2. The molecule has 94 valence electrons. The highest BCUT2D eigenvalue weighted by molar-refractivity contribution is 9.10. The van der Waals surface area contributed by atoms with E-state index in [0.29, 0.717) is 0 Å². The van der Waals surface area contributed by atoms with E-state index in [1.54, 1.807) is 5.32 Å². The van der Waals surface area contributed by atoms with Crippen LogP contribution in [0.3, 0.4) is 0 Å². The van der Waals surface area contributed by atoms with Crippen molar-refractivity contribution in [1.29, 1.82) is 0 Å². The van der Waals surface area contributed by atoms with E-state index in [4.69, 9.17) is 0 Å². The summed E-state index contributed by atoms with van der Waals surface area (Å²) in [4.78, 5) is 10.7. The molecule has 1 amide bonds. The van der Waals surface area contributed by atoms with E-state index in [2.05, 4.69) is 20.7 Å². The van der Waals surface area contributed by atoms with Crippen LogP contribution >= 0.6 is 15.9 Å². The normalized spacial score (nSPS) is 11.2. The molecule has 3 nitrogen and oxygen atoms in total. The van der Waals surface area contributed by atoms with Crippen molar-refractivity contribution in [2.45, 2.75) is 6.18 Å². The van der Waals surface area contributed by atoms with Gasteiger partial charge in [-0.2, -0.15) is 13.2 Å². The molecule has 0 bridgehead atoms. The van der Waals surface area contributed by atoms with E-state index in [1.807, 2.05) is 0 Å². The number of benzene rings is 1. The van der Waals surface area contributed by atoms with E-state index < -0.39 is 17.9 Å². The lowest BCUT2D eigenvalue weighted by molar-refractivity contribution is -0.167. The smallest absolute Gasteiger partial charge is 0.471 e. The molecule has 0 aliphatic carbocycles. The maximum absolute atomic E-state index is 12.9. The molecule has 0 aromatic heterocycles. The monoisotopic (exact) mass is 315 g/mol. The molecule has 0 saturated carbocycles. The van der Waals surface area contributed by atoms with Crippen molar-refractivity contribution < 1.29 is 27.1 Å². The summed E-state index contributed by atoms with van der Waals surface area (Å²) >= 11 is 2.83. The van der Waals surface area contributed by atoms with Gasteiger partial charge in [0.2, 0.25) is 0 Å². The van der Waals surface area contributed by atoms with Crippen LogP contribution in [0, 0.1) is 5.82 Å². The van der Waals surface area contributed by atoms with E-state index in [-0.39, 0.29) is 15.9 Å². The van der Waals surface area contributed by atoms with Crippen molar-refractivity contribution >= 4 is 27.5 Å². The van der Waals surface area contributed by atoms with Gasteiger partial charge in [-0.05, 0) is 22.0 Å². The second-order valence-electron chi connectivity index (χ2n) is 2.92. The lowest BCUT2D eigenvalue weighted by Gasteiger charge is -2.13. The zero-order valence-electron chi connectivity index (χ0n) is 8.36. The Hall–Kier alpha value is -1.31. The van der Waals surface area contributed by atoms with Gasteiger partial charge >= 0.3 is 12.1 Å². The van der Waals surface area contributed by atoms with E-state index in [0.717, 1.165) is 19.2 Å². The van der Waals surface area contributed by atoms with Gasteiger partial charge in [-0.15, -0.1) is 0 Å². The fourth-order valence-corrected chi connectivity index (χ4v) is 1.53. The van der Waals surface area contributed by atoms with Crippen LogP contribution in [0.15, 0.2) is 16.6 Å². The fourth-order valence-electron chi connectivity index (χ4n) is 1.02. The van der Waals surface area contributed by atoms with Gasteiger partial charge in [0.15, 0.2) is 0 Å². The number of hydrogen-bond acceptors (Lipinski definition) is 2. The first kappa shape index (κ1) is 13.8. The summed E-state index contributed by atoms with van der Waals surface area (Å²) in [6.45, 7) is 0. The van der Waals surface area contributed by atoms with Crippen LogP contribution in [0.5, 0.6) is 5.75 Å². The van der Waals surface area contributed by atoms with Crippen molar-refractivity contribution in [1.82, 2.24) is 0 Å². The SMILES string of the molecule is COc1cc(F)cc(Br)c1NC(=O)C(F)(F)F. The highest BCUT2D eigenvalue weighted by Crippen LogP contribution is 2.34.